The molecule has 166 valence electrons. The van der Waals surface area contributed by atoms with Gasteiger partial charge in [-0.05, 0) is 61.4 Å². The highest BCUT2D eigenvalue weighted by Crippen LogP contribution is 2.38. The van der Waals surface area contributed by atoms with Crippen LogP contribution in [0.3, 0.4) is 0 Å². The molecule has 32 heavy (non-hydrogen) atoms. The highest BCUT2D eigenvalue weighted by Gasteiger charge is 2.47. The van der Waals surface area contributed by atoms with Gasteiger partial charge < -0.3 is 5.32 Å². The lowest BCUT2D eigenvalue weighted by atomic mass is 9.85. The second-order valence-corrected chi connectivity index (χ2v) is 10.2. The van der Waals surface area contributed by atoms with Crippen LogP contribution in [0.2, 0.25) is 0 Å². The van der Waals surface area contributed by atoms with Crippen LogP contribution in [-0.2, 0) is 24.4 Å². The first-order valence-electron chi connectivity index (χ1n) is 9.92. The monoisotopic (exact) mass is 471 g/mol. The van der Waals surface area contributed by atoms with Crippen LogP contribution in [0.5, 0.6) is 0 Å². The molecule has 3 amide bonds. The zero-order valence-electron chi connectivity index (χ0n) is 16.9. The van der Waals surface area contributed by atoms with Crippen molar-refractivity contribution in [2.75, 3.05) is 16.0 Å². The van der Waals surface area contributed by atoms with Gasteiger partial charge in [0.05, 0.1) is 28.2 Å². The summed E-state index contributed by atoms with van der Waals surface area (Å²) in [6.45, 7) is 0. The van der Waals surface area contributed by atoms with Crippen LogP contribution in [0.25, 0.3) is 0 Å². The normalized spacial score (nSPS) is 20.3. The minimum absolute atomic E-state index is 0.0320. The van der Waals surface area contributed by atoms with Crippen LogP contribution < -0.4 is 15.4 Å². The Morgan fingerprint density at radius 3 is 2.06 bits per heavy atom. The predicted molar refractivity (Wildman–Crippen MR) is 121 cm³/mol. The average Bonchev–Trinajstić information content (AvgIpc) is 3.03. The number of imide groups is 1. The van der Waals surface area contributed by atoms with Gasteiger partial charge in [-0.25, -0.2) is 13.6 Å². The molecule has 1 saturated heterocycles. The van der Waals surface area contributed by atoms with Crippen molar-refractivity contribution in [3.63, 3.8) is 0 Å². The lowest BCUT2D eigenvalue weighted by molar-refractivity contribution is -0.122. The van der Waals surface area contributed by atoms with Gasteiger partial charge in [0, 0.05) is 10.6 Å². The van der Waals surface area contributed by atoms with Crippen LogP contribution in [0, 0.1) is 11.8 Å². The van der Waals surface area contributed by atoms with Crippen molar-refractivity contribution in [3.05, 3.63) is 60.7 Å². The molecule has 8 nitrogen and oxygen atoms in total. The molecule has 2 atom stereocenters. The number of fused-ring (bicyclic) bond motifs is 1. The van der Waals surface area contributed by atoms with E-state index in [9.17, 15) is 22.8 Å². The lowest BCUT2D eigenvalue weighted by Crippen LogP contribution is -2.30. The first-order valence-corrected chi connectivity index (χ1v) is 12.5. The van der Waals surface area contributed by atoms with Gasteiger partial charge >= 0.3 is 0 Å². The summed E-state index contributed by atoms with van der Waals surface area (Å²) >= 11 is 1.30. The maximum absolute atomic E-state index is 12.7. The molecule has 3 N–H and O–H groups in total. The largest absolute Gasteiger partial charge is 0.325 e. The number of amides is 3. The van der Waals surface area contributed by atoms with Gasteiger partial charge in [-0.15, -0.1) is 11.8 Å². The summed E-state index contributed by atoms with van der Waals surface area (Å²) in [6, 6.07) is 12.6. The highest BCUT2D eigenvalue weighted by atomic mass is 32.2. The van der Waals surface area contributed by atoms with E-state index in [4.69, 9.17) is 5.14 Å². The van der Waals surface area contributed by atoms with Crippen molar-refractivity contribution in [3.8, 4) is 0 Å². The number of hydrogen-bond acceptors (Lipinski definition) is 6. The third kappa shape index (κ3) is 4.62. The first kappa shape index (κ1) is 22.3. The number of hydrogen-bond donors (Lipinski definition) is 2. The maximum atomic E-state index is 12.7. The Morgan fingerprint density at radius 1 is 0.969 bits per heavy atom. The molecule has 0 saturated carbocycles. The average molecular weight is 472 g/mol. The number of carbonyl (C=O) groups excluding carboxylic acids is 3. The van der Waals surface area contributed by atoms with Crippen LogP contribution in [0.4, 0.5) is 11.4 Å². The third-order valence-corrected chi connectivity index (χ3v) is 7.38. The molecule has 0 aromatic heterocycles. The van der Waals surface area contributed by atoms with E-state index in [1.54, 1.807) is 24.3 Å². The molecule has 1 fully saturated rings. The van der Waals surface area contributed by atoms with Crippen LogP contribution in [0.15, 0.2) is 70.5 Å². The summed E-state index contributed by atoms with van der Waals surface area (Å²) in [5.74, 6) is -0.985. The Balaban J connectivity index is 1.34. The molecule has 4 rings (SSSR count). The van der Waals surface area contributed by atoms with Gasteiger partial charge in [0.2, 0.25) is 27.7 Å². The SMILES string of the molecule is NS(=O)(=O)c1ccc(NC(=O)CSc2ccc(N3C(=O)[C@@H]4CC=CC[C@H]4C3=O)cc2)cc1. The number of carbonyl (C=O) groups is 3. The Bertz CT molecular complexity index is 1170. The zero-order valence-corrected chi connectivity index (χ0v) is 18.6. The van der Waals surface area contributed by atoms with E-state index >= 15 is 0 Å². The molecule has 2 aromatic rings. The number of anilines is 2. The van der Waals surface area contributed by atoms with Gasteiger partial charge in [-0.3, -0.25) is 19.3 Å². The van der Waals surface area contributed by atoms with Gasteiger partial charge in [0.25, 0.3) is 0 Å². The van der Waals surface area contributed by atoms with Gasteiger partial charge in [0.15, 0.2) is 0 Å². The fraction of sp³-hybridized carbons (Fsp3) is 0.227. The Labute approximate surface area is 189 Å². The number of rotatable bonds is 6. The van der Waals surface area contributed by atoms with E-state index in [-0.39, 0.29) is 40.2 Å². The molecule has 0 radical (unpaired) electrons. The summed E-state index contributed by atoms with van der Waals surface area (Å²) < 4.78 is 22.6. The van der Waals surface area contributed by atoms with E-state index in [1.807, 2.05) is 12.2 Å². The predicted octanol–water partition coefficient (Wildman–Crippen LogP) is 2.52. The Morgan fingerprint density at radius 2 is 1.53 bits per heavy atom. The van der Waals surface area contributed by atoms with E-state index in [1.165, 1.54) is 40.9 Å². The summed E-state index contributed by atoms with van der Waals surface area (Å²) in [5.41, 5.74) is 0.999. The van der Waals surface area contributed by atoms with E-state index in [0.29, 0.717) is 24.2 Å². The number of nitrogens with one attached hydrogen (secondary N) is 1. The standard InChI is InChI=1S/C22H21N3O5S2/c23-32(29,30)17-11-5-14(6-12-17)24-20(26)13-31-16-9-7-15(8-10-16)25-21(27)18-3-1-2-4-19(18)22(25)28/h1-2,5-12,18-19H,3-4,13H2,(H,24,26)(H2,23,29,30)/t18-,19-/m1/s1. The van der Waals surface area contributed by atoms with Crippen LogP contribution >= 0.6 is 11.8 Å². The summed E-state index contributed by atoms with van der Waals surface area (Å²) in [5, 5.41) is 7.74. The molecule has 1 heterocycles. The number of nitrogens with zero attached hydrogens (tertiary/aromatic N) is 1. The molecular weight excluding hydrogens is 450 g/mol. The number of nitrogens with two attached hydrogens (primary N) is 1. The number of allylic oxidation sites excluding steroid dienone is 2. The van der Waals surface area contributed by atoms with E-state index in [2.05, 4.69) is 5.32 Å². The molecule has 1 aliphatic heterocycles. The zero-order chi connectivity index (χ0) is 22.9. The lowest BCUT2D eigenvalue weighted by Gasteiger charge is -2.15. The number of primary sulfonamides is 1. The molecule has 0 spiro atoms. The number of benzene rings is 2. The third-order valence-electron chi connectivity index (χ3n) is 5.44. The Kier molecular flexibility index (Phi) is 6.18. The highest BCUT2D eigenvalue weighted by molar-refractivity contribution is 8.00. The van der Waals surface area contributed by atoms with E-state index in [0.717, 1.165) is 4.90 Å². The molecular formula is C22H21N3O5S2. The van der Waals surface area contributed by atoms with Crippen molar-refractivity contribution in [1.82, 2.24) is 0 Å². The fourth-order valence-electron chi connectivity index (χ4n) is 3.82. The molecule has 2 aliphatic rings. The first-order chi connectivity index (χ1) is 15.2. The topological polar surface area (TPSA) is 127 Å². The van der Waals surface area contributed by atoms with Crippen molar-refractivity contribution >= 4 is 50.9 Å². The second-order valence-electron chi connectivity index (χ2n) is 7.57. The van der Waals surface area contributed by atoms with Gasteiger partial charge in [-0.2, -0.15) is 0 Å². The number of sulfonamides is 1. The van der Waals surface area contributed by atoms with Crippen molar-refractivity contribution in [2.45, 2.75) is 22.6 Å². The Hall–Kier alpha value is -2.95. The maximum Gasteiger partial charge on any atom is 0.238 e. The minimum atomic E-state index is -3.78. The van der Waals surface area contributed by atoms with Crippen molar-refractivity contribution < 1.29 is 22.8 Å². The quantitative estimate of drug-likeness (QED) is 0.379. The summed E-state index contributed by atoms with van der Waals surface area (Å²) in [6.07, 6.45) is 5.10. The second kappa shape index (κ2) is 8.89. The molecule has 1 aliphatic carbocycles. The van der Waals surface area contributed by atoms with Crippen molar-refractivity contribution in [2.24, 2.45) is 17.0 Å². The van der Waals surface area contributed by atoms with Gasteiger partial charge in [-0.1, -0.05) is 12.2 Å². The van der Waals surface area contributed by atoms with Crippen molar-refractivity contribution in [1.29, 1.82) is 0 Å². The van der Waals surface area contributed by atoms with E-state index < -0.39 is 10.0 Å². The molecule has 0 unspecified atom stereocenters. The fourth-order valence-corrected chi connectivity index (χ4v) is 5.03. The van der Waals surface area contributed by atoms with Crippen LogP contribution in [0.1, 0.15) is 12.8 Å². The number of thioether (sulfide) groups is 1. The smallest absolute Gasteiger partial charge is 0.238 e. The van der Waals surface area contributed by atoms with Gasteiger partial charge in [0.1, 0.15) is 0 Å². The molecule has 10 heteroatoms. The minimum Gasteiger partial charge on any atom is -0.325 e. The summed E-state index contributed by atoms with van der Waals surface area (Å²) in [7, 11) is -3.78. The molecule has 2 aromatic carbocycles. The molecule has 0 bridgehead atoms. The summed E-state index contributed by atoms with van der Waals surface area (Å²) in [4.78, 5) is 39.6. The van der Waals surface area contributed by atoms with Crippen LogP contribution in [-0.4, -0.2) is 31.9 Å².